The molecule has 5 rings (SSSR count). The van der Waals surface area contributed by atoms with Crippen LogP contribution >= 0.6 is 11.6 Å². The van der Waals surface area contributed by atoms with Crippen molar-refractivity contribution >= 4 is 28.4 Å². The van der Waals surface area contributed by atoms with Crippen LogP contribution in [0.5, 0.6) is 5.75 Å². The van der Waals surface area contributed by atoms with E-state index in [1.807, 2.05) is 97.6 Å². The molecule has 0 bridgehead atoms. The Morgan fingerprint density at radius 1 is 1.03 bits per heavy atom. The van der Waals surface area contributed by atoms with Crippen LogP contribution in [0.2, 0.25) is 0 Å². The van der Waals surface area contributed by atoms with Gasteiger partial charge >= 0.3 is 0 Å². The first-order valence-electron chi connectivity index (χ1n) is 13.4. The maximum atomic E-state index is 13.8. The zero-order chi connectivity index (χ0) is 27.5. The average Bonchev–Trinajstić information content (AvgIpc) is 2.97. The number of rotatable bonds is 7. The van der Waals surface area contributed by atoms with E-state index < -0.39 is 5.38 Å². The summed E-state index contributed by atoms with van der Waals surface area (Å²) in [5.41, 5.74) is 2.09. The van der Waals surface area contributed by atoms with Gasteiger partial charge in [-0.25, -0.2) is 4.98 Å². The first kappa shape index (κ1) is 26.9. The standard InChI is InChI=1S/C31H33ClN4O3/c1-4-39-25-16-14-24(15-17-25)36-29(33-27-13-9-8-12-26(27)30(36)37)22(3)34-18-19-35(21(2)20-34)31(38)28(32)23-10-6-5-7-11-23/h5-17,21-22,28H,4,18-20H2,1-3H3. The number of benzene rings is 3. The molecule has 1 aliphatic rings. The highest BCUT2D eigenvalue weighted by atomic mass is 35.5. The van der Waals surface area contributed by atoms with E-state index in [2.05, 4.69) is 11.8 Å². The van der Waals surface area contributed by atoms with Gasteiger partial charge in [-0.05, 0) is 62.7 Å². The second-order valence-electron chi connectivity index (χ2n) is 9.88. The normalized spacial score (nSPS) is 17.6. The number of alkyl halides is 1. The van der Waals surface area contributed by atoms with Crippen LogP contribution < -0.4 is 10.3 Å². The van der Waals surface area contributed by atoms with Gasteiger partial charge in [0.15, 0.2) is 0 Å². The Balaban J connectivity index is 1.44. The minimum Gasteiger partial charge on any atom is -0.494 e. The second-order valence-corrected chi connectivity index (χ2v) is 10.3. The van der Waals surface area contributed by atoms with Crippen molar-refractivity contribution in [1.29, 1.82) is 0 Å². The van der Waals surface area contributed by atoms with Crippen LogP contribution in [0.15, 0.2) is 83.7 Å². The Kier molecular flexibility index (Phi) is 8.00. The second kappa shape index (κ2) is 11.6. The molecule has 7 nitrogen and oxygen atoms in total. The fourth-order valence-corrected chi connectivity index (χ4v) is 5.55. The number of nitrogens with zero attached hydrogens (tertiary/aromatic N) is 4. The number of carbonyl (C=O) groups excluding carboxylic acids is 1. The summed E-state index contributed by atoms with van der Waals surface area (Å²) >= 11 is 6.58. The van der Waals surface area contributed by atoms with Gasteiger partial charge in [0, 0.05) is 25.7 Å². The highest BCUT2D eigenvalue weighted by molar-refractivity contribution is 6.30. The van der Waals surface area contributed by atoms with E-state index in [4.69, 9.17) is 21.3 Å². The molecular weight excluding hydrogens is 512 g/mol. The van der Waals surface area contributed by atoms with Crippen LogP contribution in [0.3, 0.4) is 0 Å². The lowest BCUT2D eigenvalue weighted by Gasteiger charge is -2.43. The molecule has 3 aromatic carbocycles. The minimum atomic E-state index is -0.718. The van der Waals surface area contributed by atoms with Gasteiger partial charge in [0.25, 0.3) is 5.56 Å². The number of aromatic nitrogens is 2. The van der Waals surface area contributed by atoms with Gasteiger partial charge in [0.1, 0.15) is 17.0 Å². The van der Waals surface area contributed by atoms with Crippen LogP contribution in [-0.2, 0) is 4.79 Å². The Bertz CT molecular complexity index is 1510. The Morgan fingerprint density at radius 3 is 2.41 bits per heavy atom. The number of halogens is 1. The highest BCUT2D eigenvalue weighted by Gasteiger charge is 2.34. The zero-order valence-corrected chi connectivity index (χ0v) is 23.2. The summed E-state index contributed by atoms with van der Waals surface area (Å²) in [6.07, 6.45) is 0. The smallest absolute Gasteiger partial charge is 0.266 e. The third kappa shape index (κ3) is 5.42. The number of carbonyl (C=O) groups is 1. The molecule has 202 valence electrons. The Hall–Kier alpha value is -3.68. The molecule has 1 aliphatic heterocycles. The molecule has 0 radical (unpaired) electrons. The van der Waals surface area contributed by atoms with Crippen molar-refractivity contribution in [2.75, 3.05) is 26.2 Å². The van der Waals surface area contributed by atoms with Gasteiger partial charge in [0.05, 0.1) is 29.2 Å². The molecule has 0 aliphatic carbocycles. The molecule has 4 aromatic rings. The molecule has 1 fully saturated rings. The Labute approximate surface area is 233 Å². The molecule has 3 unspecified atom stereocenters. The zero-order valence-electron chi connectivity index (χ0n) is 22.5. The number of amides is 1. The van der Waals surface area contributed by atoms with E-state index in [-0.39, 0.29) is 23.6 Å². The monoisotopic (exact) mass is 544 g/mol. The minimum absolute atomic E-state index is 0.0511. The highest BCUT2D eigenvalue weighted by Crippen LogP contribution is 2.29. The van der Waals surface area contributed by atoms with E-state index in [1.165, 1.54) is 0 Å². The predicted molar refractivity (Wildman–Crippen MR) is 155 cm³/mol. The maximum absolute atomic E-state index is 13.8. The lowest BCUT2D eigenvalue weighted by Crippen LogP contribution is -2.55. The first-order chi connectivity index (χ1) is 18.9. The summed E-state index contributed by atoms with van der Waals surface area (Å²) in [4.78, 5) is 36.2. The van der Waals surface area contributed by atoms with Crippen molar-refractivity contribution < 1.29 is 9.53 Å². The van der Waals surface area contributed by atoms with Crippen LogP contribution in [0.25, 0.3) is 16.6 Å². The number of hydrogen-bond acceptors (Lipinski definition) is 5. The molecule has 1 amide bonds. The summed E-state index contributed by atoms with van der Waals surface area (Å²) in [5.74, 6) is 1.33. The largest absolute Gasteiger partial charge is 0.494 e. The van der Waals surface area contributed by atoms with Crippen molar-refractivity contribution in [1.82, 2.24) is 19.4 Å². The topological polar surface area (TPSA) is 67.7 Å². The van der Waals surface area contributed by atoms with Crippen molar-refractivity contribution in [3.8, 4) is 11.4 Å². The van der Waals surface area contributed by atoms with Crippen molar-refractivity contribution in [2.24, 2.45) is 0 Å². The summed E-state index contributed by atoms with van der Waals surface area (Å²) in [6, 6.07) is 24.2. The molecule has 0 saturated carbocycles. The van der Waals surface area contributed by atoms with Gasteiger partial charge in [-0.2, -0.15) is 0 Å². The van der Waals surface area contributed by atoms with E-state index in [9.17, 15) is 9.59 Å². The van der Waals surface area contributed by atoms with Gasteiger partial charge in [0.2, 0.25) is 5.91 Å². The number of ether oxygens (including phenoxy) is 1. The van der Waals surface area contributed by atoms with Gasteiger partial charge < -0.3 is 9.64 Å². The molecule has 3 atom stereocenters. The summed E-state index contributed by atoms with van der Waals surface area (Å²) in [6.45, 7) is 8.44. The molecule has 8 heteroatoms. The molecule has 0 spiro atoms. The summed E-state index contributed by atoms with van der Waals surface area (Å²) in [7, 11) is 0. The fourth-order valence-electron chi connectivity index (χ4n) is 5.28. The number of hydrogen-bond donors (Lipinski definition) is 0. The van der Waals surface area contributed by atoms with E-state index in [1.54, 1.807) is 4.57 Å². The maximum Gasteiger partial charge on any atom is 0.266 e. The van der Waals surface area contributed by atoms with Crippen molar-refractivity contribution in [3.05, 3.63) is 101 Å². The molecule has 2 heterocycles. The van der Waals surface area contributed by atoms with E-state index >= 15 is 0 Å². The third-order valence-corrected chi connectivity index (χ3v) is 7.82. The van der Waals surface area contributed by atoms with Crippen LogP contribution in [-0.4, -0.2) is 57.5 Å². The molecular formula is C31H33ClN4O3. The van der Waals surface area contributed by atoms with Crippen LogP contribution in [0, 0.1) is 0 Å². The van der Waals surface area contributed by atoms with Crippen LogP contribution in [0.1, 0.15) is 43.6 Å². The third-order valence-electron chi connectivity index (χ3n) is 7.38. The first-order valence-corrected chi connectivity index (χ1v) is 13.8. The average molecular weight is 545 g/mol. The molecule has 39 heavy (non-hydrogen) atoms. The van der Waals surface area contributed by atoms with Crippen molar-refractivity contribution in [2.45, 2.75) is 38.2 Å². The number of para-hydroxylation sites is 1. The molecule has 1 saturated heterocycles. The van der Waals surface area contributed by atoms with Gasteiger partial charge in [-0.15, -0.1) is 11.6 Å². The summed E-state index contributed by atoms with van der Waals surface area (Å²) in [5, 5.41) is -0.148. The van der Waals surface area contributed by atoms with Crippen LogP contribution in [0.4, 0.5) is 0 Å². The number of piperazine rings is 1. The quantitative estimate of drug-likeness (QED) is 0.293. The number of fused-ring (bicyclic) bond motifs is 1. The summed E-state index contributed by atoms with van der Waals surface area (Å²) < 4.78 is 7.31. The SMILES string of the molecule is CCOc1ccc(-n2c(C(C)N3CCN(C(=O)C(Cl)c4ccccc4)C(C)C3)nc3ccccc3c2=O)cc1. The van der Waals surface area contributed by atoms with Gasteiger partial charge in [-0.3, -0.25) is 19.1 Å². The lowest BCUT2D eigenvalue weighted by atomic mass is 10.1. The predicted octanol–water partition coefficient (Wildman–Crippen LogP) is 5.36. The van der Waals surface area contributed by atoms with Gasteiger partial charge in [-0.1, -0.05) is 42.5 Å². The fraction of sp³-hybridized carbons (Fsp3) is 0.323. The Morgan fingerprint density at radius 2 is 1.72 bits per heavy atom. The molecule has 1 aromatic heterocycles. The van der Waals surface area contributed by atoms with E-state index in [0.717, 1.165) is 17.0 Å². The van der Waals surface area contributed by atoms with E-state index in [0.29, 0.717) is 43.0 Å². The van der Waals surface area contributed by atoms with Crippen molar-refractivity contribution in [3.63, 3.8) is 0 Å². The molecule has 0 N–H and O–H groups in total. The lowest BCUT2D eigenvalue weighted by molar-refractivity contribution is -0.135.